The molecule has 34 heavy (non-hydrogen) atoms. The van der Waals surface area contributed by atoms with Crippen molar-refractivity contribution in [2.45, 2.75) is 37.9 Å². The summed E-state index contributed by atoms with van der Waals surface area (Å²) in [6.07, 6.45) is 1.97. The molecule has 2 aromatic rings. The van der Waals surface area contributed by atoms with Gasteiger partial charge >= 0.3 is 6.03 Å². The predicted molar refractivity (Wildman–Crippen MR) is 140 cm³/mol. The van der Waals surface area contributed by atoms with Gasteiger partial charge in [-0.25, -0.2) is 14.8 Å². The molecule has 1 unspecified atom stereocenters. The number of benzene rings is 1. The van der Waals surface area contributed by atoms with Crippen molar-refractivity contribution in [1.82, 2.24) is 20.2 Å². The van der Waals surface area contributed by atoms with Gasteiger partial charge < -0.3 is 20.4 Å². The molecular formula is C22H27Cl3N6O2S. The molecule has 0 bridgehead atoms. The lowest BCUT2D eigenvalue weighted by Crippen LogP contribution is -2.55. The van der Waals surface area contributed by atoms with Crippen LogP contribution in [-0.2, 0) is 4.79 Å². The molecule has 3 amide bonds. The minimum Gasteiger partial charge on any atom is -0.355 e. The van der Waals surface area contributed by atoms with Crippen LogP contribution in [0.1, 0.15) is 26.7 Å². The van der Waals surface area contributed by atoms with Gasteiger partial charge in [-0.05, 0) is 31.5 Å². The summed E-state index contributed by atoms with van der Waals surface area (Å²) in [6, 6.07) is 6.38. The van der Waals surface area contributed by atoms with Gasteiger partial charge in [-0.2, -0.15) is 0 Å². The maximum atomic E-state index is 12.8. The van der Waals surface area contributed by atoms with Crippen LogP contribution >= 0.6 is 46.6 Å². The normalized spacial score (nSPS) is 15.9. The fourth-order valence-corrected chi connectivity index (χ4v) is 4.64. The van der Waals surface area contributed by atoms with Gasteiger partial charge in [-0.3, -0.25) is 4.79 Å². The molecule has 2 N–H and O–H groups in total. The number of nitrogens with one attached hydrogen (secondary N) is 2. The number of hydrogen-bond donors (Lipinski definition) is 2. The Bertz CT molecular complexity index is 1030. The van der Waals surface area contributed by atoms with Gasteiger partial charge in [0.05, 0.1) is 15.8 Å². The highest BCUT2D eigenvalue weighted by Crippen LogP contribution is 2.27. The van der Waals surface area contributed by atoms with Gasteiger partial charge in [0.25, 0.3) is 0 Å². The number of unbranched alkanes of at least 4 members (excludes halogenated alkanes) is 1. The van der Waals surface area contributed by atoms with Crippen molar-refractivity contribution in [3.63, 3.8) is 0 Å². The van der Waals surface area contributed by atoms with E-state index in [1.54, 1.807) is 29.2 Å². The van der Waals surface area contributed by atoms with Crippen molar-refractivity contribution in [3.05, 3.63) is 39.5 Å². The lowest BCUT2D eigenvalue weighted by Gasteiger charge is -2.40. The molecule has 1 aliphatic rings. The van der Waals surface area contributed by atoms with E-state index < -0.39 is 0 Å². The number of anilines is 2. The van der Waals surface area contributed by atoms with Crippen LogP contribution in [-0.4, -0.2) is 64.8 Å². The number of thioether (sulfide) groups is 1. The van der Waals surface area contributed by atoms with Gasteiger partial charge in [0.2, 0.25) is 5.91 Å². The maximum absolute atomic E-state index is 12.8. The summed E-state index contributed by atoms with van der Waals surface area (Å²) < 4.78 is 0. The number of carbonyl (C=O) groups excluding carboxylic acids is 2. The van der Waals surface area contributed by atoms with Crippen LogP contribution in [0.4, 0.5) is 16.3 Å². The maximum Gasteiger partial charge on any atom is 0.322 e. The Morgan fingerprint density at radius 3 is 2.65 bits per heavy atom. The highest BCUT2D eigenvalue weighted by atomic mass is 35.5. The molecule has 1 aromatic heterocycles. The summed E-state index contributed by atoms with van der Waals surface area (Å²) in [7, 11) is 0. The van der Waals surface area contributed by atoms with Gasteiger partial charge in [0, 0.05) is 44.0 Å². The first-order chi connectivity index (χ1) is 16.3. The molecule has 2 heterocycles. The summed E-state index contributed by atoms with van der Waals surface area (Å²) in [5.41, 5.74) is 0.581. The zero-order valence-electron chi connectivity index (χ0n) is 19.0. The fourth-order valence-electron chi connectivity index (χ4n) is 3.43. The van der Waals surface area contributed by atoms with Crippen LogP contribution in [0.5, 0.6) is 0 Å². The predicted octanol–water partition coefficient (Wildman–Crippen LogP) is 5.19. The lowest BCUT2D eigenvalue weighted by atomic mass is 10.2. The number of halogens is 3. The second-order valence-corrected chi connectivity index (χ2v) is 10.0. The van der Waals surface area contributed by atoms with Crippen molar-refractivity contribution in [2.24, 2.45) is 0 Å². The molecule has 0 aliphatic carbocycles. The standard InChI is InChI=1S/C22H27Cl3N6O2S/c1-3-4-7-26-20(32)13-34-21-28-18(25)11-19(29-21)30-8-9-31(14(2)12-30)22(33)27-15-5-6-16(23)17(24)10-15/h5-6,10-11,14H,3-4,7-9,12-13H2,1-2H3,(H,26,32)(H,27,33). The zero-order chi connectivity index (χ0) is 24.7. The van der Waals surface area contributed by atoms with E-state index in [0.717, 1.165) is 12.8 Å². The minimum atomic E-state index is -0.211. The number of aromatic nitrogens is 2. The Morgan fingerprint density at radius 2 is 1.94 bits per heavy atom. The molecular weight excluding hydrogens is 519 g/mol. The zero-order valence-corrected chi connectivity index (χ0v) is 22.1. The average Bonchev–Trinajstić information content (AvgIpc) is 2.80. The largest absolute Gasteiger partial charge is 0.355 e. The quantitative estimate of drug-likeness (QED) is 0.205. The van der Waals surface area contributed by atoms with E-state index in [1.165, 1.54) is 11.8 Å². The second kappa shape index (κ2) is 12.7. The summed E-state index contributed by atoms with van der Waals surface area (Å²) >= 11 is 19.5. The number of carbonyl (C=O) groups is 2. The van der Waals surface area contributed by atoms with Crippen LogP contribution in [0.25, 0.3) is 0 Å². The summed E-state index contributed by atoms with van der Waals surface area (Å²) in [4.78, 5) is 37.4. The van der Waals surface area contributed by atoms with Gasteiger partial charge in [-0.1, -0.05) is 59.9 Å². The Morgan fingerprint density at radius 1 is 1.15 bits per heavy atom. The summed E-state index contributed by atoms with van der Waals surface area (Å²) in [5.74, 6) is 0.840. The van der Waals surface area contributed by atoms with E-state index in [-0.39, 0.29) is 23.7 Å². The number of hydrogen-bond acceptors (Lipinski definition) is 6. The molecule has 0 spiro atoms. The molecule has 0 saturated carbocycles. The lowest BCUT2D eigenvalue weighted by molar-refractivity contribution is -0.118. The van der Waals surface area contributed by atoms with Crippen LogP contribution < -0.4 is 15.5 Å². The van der Waals surface area contributed by atoms with E-state index >= 15 is 0 Å². The molecule has 8 nitrogen and oxygen atoms in total. The smallest absolute Gasteiger partial charge is 0.322 e. The molecule has 12 heteroatoms. The molecule has 1 saturated heterocycles. The monoisotopic (exact) mass is 544 g/mol. The second-order valence-electron chi connectivity index (χ2n) is 7.87. The number of nitrogens with zero attached hydrogens (tertiary/aromatic N) is 4. The van der Waals surface area contributed by atoms with E-state index in [9.17, 15) is 9.59 Å². The number of urea groups is 1. The third kappa shape index (κ3) is 7.53. The first-order valence-electron chi connectivity index (χ1n) is 11.0. The van der Waals surface area contributed by atoms with Crippen molar-refractivity contribution < 1.29 is 9.59 Å². The van der Waals surface area contributed by atoms with E-state index in [2.05, 4.69) is 32.4 Å². The van der Waals surface area contributed by atoms with E-state index in [4.69, 9.17) is 34.8 Å². The van der Waals surface area contributed by atoms with Gasteiger partial charge in [0.15, 0.2) is 5.16 Å². The average molecular weight is 546 g/mol. The highest BCUT2D eigenvalue weighted by Gasteiger charge is 2.28. The van der Waals surface area contributed by atoms with Crippen molar-refractivity contribution in [2.75, 3.05) is 42.1 Å². The van der Waals surface area contributed by atoms with Crippen LogP contribution in [0, 0.1) is 0 Å². The van der Waals surface area contributed by atoms with Gasteiger partial charge in [0.1, 0.15) is 11.0 Å². The number of rotatable bonds is 8. The third-order valence-corrected chi connectivity index (χ3v) is 7.01. The number of amides is 3. The highest BCUT2D eigenvalue weighted by molar-refractivity contribution is 7.99. The Kier molecular flexibility index (Phi) is 9.94. The molecule has 184 valence electrons. The van der Waals surface area contributed by atoms with E-state index in [0.29, 0.717) is 58.0 Å². The molecule has 1 aliphatic heterocycles. The summed E-state index contributed by atoms with van der Waals surface area (Å²) in [6.45, 7) is 6.36. The van der Waals surface area contributed by atoms with E-state index in [1.807, 2.05) is 6.92 Å². The molecule has 0 radical (unpaired) electrons. The SMILES string of the molecule is CCCCNC(=O)CSc1nc(Cl)cc(N2CCN(C(=O)Nc3ccc(Cl)c(Cl)c3)C(C)C2)n1. The van der Waals surface area contributed by atoms with Crippen LogP contribution in [0.3, 0.4) is 0 Å². The Hall–Kier alpha value is -1.94. The third-order valence-electron chi connectivity index (χ3n) is 5.23. The minimum absolute atomic E-state index is 0.0567. The Labute approximate surface area is 218 Å². The first kappa shape index (κ1) is 26.7. The Balaban J connectivity index is 1.58. The summed E-state index contributed by atoms with van der Waals surface area (Å²) in [5, 5.41) is 7.31. The number of piperazine rings is 1. The first-order valence-corrected chi connectivity index (χ1v) is 13.1. The molecule has 3 rings (SSSR count). The molecule has 1 fully saturated rings. The molecule has 1 aromatic carbocycles. The van der Waals surface area contributed by atoms with Crippen molar-refractivity contribution >= 4 is 70.0 Å². The van der Waals surface area contributed by atoms with Crippen LogP contribution in [0.15, 0.2) is 29.4 Å². The fraction of sp³-hybridized carbons (Fsp3) is 0.455. The molecule has 1 atom stereocenters. The van der Waals surface area contributed by atoms with Crippen LogP contribution in [0.2, 0.25) is 15.2 Å². The van der Waals surface area contributed by atoms with Gasteiger partial charge in [-0.15, -0.1) is 0 Å². The van der Waals surface area contributed by atoms with Crippen molar-refractivity contribution in [1.29, 1.82) is 0 Å². The van der Waals surface area contributed by atoms with Crippen molar-refractivity contribution in [3.8, 4) is 0 Å². The topological polar surface area (TPSA) is 90.5 Å².